The van der Waals surface area contributed by atoms with Crippen LogP contribution in [0.15, 0.2) is 60.7 Å². The molecule has 5 nitrogen and oxygen atoms in total. The van der Waals surface area contributed by atoms with Crippen LogP contribution in [0.4, 0.5) is 11.4 Å². The summed E-state index contributed by atoms with van der Waals surface area (Å²) in [6.45, 7) is 0. The number of carbonyl (C=O) groups is 2. The summed E-state index contributed by atoms with van der Waals surface area (Å²) in [4.78, 5) is 32.8. The number of hydrogen-bond donors (Lipinski definition) is 0. The van der Waals surface area contributed by atoms with Crippen molar-refractivity contribution in [2.45, 2.75) is 12.5 Å². The molecular weight excluding hydrogens is 386 g/mol. The predicted octanol–water partition coefficient (Wildman–Crippen LogP) is 3.72. The first-order valence-electron chi connectivity index (χ1n) is 11.0. The highest BCUT2D eigenvalue weighted by Crippen LogP contribution is 2.54. The Hall–Kier alpha value is -3.08. The molecule has 0 N–H and O–H groups in total. The average Bonchev–Trinajstić information content (AvgIpc) is 3.44. The minimum absolute atomic E-state index is 0.00905. The summed E-state index contributed by atoms with van der Waals surface area (Å²) in [5.41, 5.74) is 4.10. The molecule has 1 saturated heterocycles. The molecule has 0 unspecified atom stereocenters. The number of benzene rings is 2. The van der Waals surface area contributed by atoms with Crippen molar-refractivity contribution in [3.05, 3.63) is 71.8 Å². The molecule has 2 amide bonds. The van der Waals surface area contributed by atoms with Gasteiger partial charge in [0.25, 0.3) is 0 Å². The Morgan fingerprint density at radius 2 is 1.10 bits per heavy atom. The second-order valence-corrected chi connectivity index (χ2v) is 9.42. The average molecular weight is 416 g/mol. The standard InChI is InChI=1S/C26H29N3O2/c1-27(2)20-11-7-16(8-12-20)24(17-9-13-21(14-10-17)28(3)4)29-25(30)22-18-5-6-19(15-18)23(22)26(29)31/h5-14,18-19,22-24H,15H2,1-4H3/t18-,19+,22-,23+. The molecule has 2 aromatic rings. The van der Waals surface area contributed by atoms with Gasteiger partial charge < -0.3 is 9.80 Å². The number of carbonyl (C=O) groups excluding carboxylic acids is 2. The summed E-state index contributed by atoms with van der Waals surface area (Å²) < 4.78 is 0. The number of likely N-dealkylation sites (tertiary alicyclic amines) is 1. The van der Waals surface area contributed by atoms with Gasteiger partial charge in [0.05, 0.1) is 17.9 Å². The minimum Gasteiger partial charge on any atom is -0.378 e. The molecule has 2 aliphatic carbocycles. The van der Waals surface area contributed by atoms with E-state index in [4.69, 9.17) is 0 Å². The number of amides is 2. The van der Waals surface area contributed by atoms with Crippen LogP contribution in [0.25, 0.3) is 0 Å². The summed E-state index contributed by atoms with van der Waals surface area (Å²) >= 11 is 0. The van der Waals surface area contributed by atoms with E-state index >= 15 is 0 Å². The van der Waals surface area contributed by atoms with Gasteiger partial charge in [0.15, 0.2) is 0 Å². The minimum atomic E-state index is -0.405. The van der Waals surface area contributed by atoms with E-state index < -0.39 is 6.04 Å². The smallest absolute Gasteiger partial charge is 0.234 e. The van der Waals surface area contributed by atoms with Gasteiger partial charge in [-0.3, -0.25) is 14.5 Å². The molecule has 1 heterocycles. The fraction of sp³-hybridized carbons (Fsp3) is 0.385. The van der Waals surface area contributed by atoms with Crippen molar-refractivity contribution in [3.63, 3.8) is 0 Å². The lowest BCUT2D eigenvalue weighted by Gasteiger charge is -2.29. The molecule has 2 aromatic carbocycles. The second-order valence-electron chi connectivity index (χ2n) is 9.42. The fourth-order valence-corrected chi connectivity index (χ4v) is 5.58. The van der Waals surface area contributed by atoms with Gasteiger partial charge in [0.2, 0.25) is 11.8 Å². The maximum absolute atomic E-state index is 13.6. The Kier molecular flexibility index (Phi) is 4.65. The van der Waals surface area contributed by atoms with E-state index in [1.54, 1.807) is 4.90 Å². The van der Waals surface area contributed by atoms with Crippen molar-refractivity contribution in [2.24, 2.45) is 23.7 Å². The van der Waals surface area contributed by atoms with Crippen LogP contribution in [-0.4, -0.2) is 44.9 Å². The molecule has 160 valence electrons. The van der Waals surface area contributed by atoms with Crippen molar-refractivity contribution in [1.82, 2.24) is 4.90 Å². The predicted molar refractivity (Wildman–Crippen MR) is 123 cm³/mol. The van der Waals surface area contributed by atoms with E-state index in [0.29, 0.717) is 0 Å². The summed E-state index contributed by atoms with van der Waals surface area (Å²) in [6, 6.07) is 16.0. The highest BCUT2D eigenvalue weighted by molar-refractivity contribution is 6.07. The molecule has 0 spiro atoms. The zero-order chi connectivity index (χ0) is 21.9. The lowest BCUT2D eigenvalue weighted by atomic mass is 9.85. The van der Waals surface area contributed by atoms with Crippen LogP contribution in [0.5, 0.6) is 0 Å². The van der Waals surface area contributed by atoms with Crippen LogP contribution in [0.2, 0.25) is 0 Å². The molecule has 5 rings (SSSR count). The van der Waals surface area contributed by atoms with Crippen LogP contribution >= 0.6 is 0 Å². The van der Waals surface area contributed by atoms with E-state index in [1.165, 1.54) is 0 Å². The Labute approximate surface area is 183 Å². The molecule has 0 aromatic heterocycles. The molecule has 3 aliphatic rings. The number of hydrogen-bond acceptors (Lipinski definition) is 4. The van der Waals surface area contributed by atoms with Gasteiger partial charge >= 0.3 is 0 Å². The van der Waals surface area contributed by atoms with Crippen molar-refractivity contribution >= 4 is 23.2 Å². The number of rotatable bonds is 5. The highest BCUT2D eigenvalue weighted by Gasteiger charge is 2.60. The molecule has 2 fully saturated rings. The van der Waals surface area contributed by atoms with Crippen LogP contribution in [0, 0.1) is 23.7 Å². The van der Waals surface area contributed by atoms with E-state index in [2.05, 4.69) is 12.2 Å². The molecule has 5 heteroatoms. The molecule has 1 saturated carbocycles. The maximum atomic E-state index is 13.6. The van der Waals surface area contributed by atoms with Crippen LogP contribution in [-0.2, 0) is 9.59 Å². The van der Waals surface area contributed by atoms with Crippen molar-refractivity contribution in [2.75, 3.05) is 38.0 Å². The zero-order valence-electron chi connectivity index (χ0n) is 18.5. The molecule has 1 aliphatic heterocycles. The molecule has 2 bridgehead atoms. The Morgan fingerprint density at radius 1 is 0.710 bits per heavy atom. The SMILES string of the molecule is CN(C)c1ccc(C(c2ccc(N(C)C)cc2)N2C(=O)[C@@H]3[C@H](C2=O)[C@@H]2C=C[C@H]3C2)cc1. The first kappa shape index (κ1) is 19.9. The number of nitrogens with zero attached hydrogens (tertiary/aromatic N) is 3. The summed E-state index contributed by atoms with van der Waals surface area (Å²) in [6.07, 6.45) is 5.24. The Balaban J connectivity index is 1.57. The van der Waals surface area contributed by atoms with E-state index in [0.717, 1.165) is 28.9 Å². The summed E-state index contributed by atoms with van der Waals surface area (Å²) in [5.74, 6) is 0.0308. The summed E-state index contributed by atoms with van der Waals surface area (Å²) in [7, 11) is 8.02. The van der Waals surface area contributed by atoms with Gasteiger partial charge in [-0.2, -0.15) is 0 Å². The first-order chi connectivity index (χ1) is 14.9. The first-order valence-corrected chi connectivity index (χ1v) is 11.0. The number of fused-ring (bicyclic) bond motifs is 5. The van der Waals surface area contributed by atoms with Crippen molar-refractivity contribution in [1.29, 1.82) is 0 Å². The Bertz CT molecular complexity index is 958. The van der Waals surface area contributed by atoms with Gasteiger partial charge in [-0.15, -0.1) is 0 Å². The Morgan fingerprint density at radius 3 is 1.45 bits per heavy atom. The van der Waals surface area contributed by atoms with E-state index in [-0.39, 0.29) is 35.5 Å². The van der Waals surface area contributed by atoms with E-state index in [9.17, 15) is 9.59 Å². The van der Waals surface area contributed by atoms with Gasteiger partial charge in [0.1, 0.15) is 0 Å². The number of anilines is 2. The maximum Gasteiger partial charge on any atom is 0.234 e. The van der Waals surface area contributed by atoms with Gasteiger partial charge in [0, 0.05) is 39.6 Å². The lowest BCUT2D eigenvalue weighted by molar-refractivity contribution is -0.142. The lowest BCUT2D eigenvalue weighted by Crippen LogP contribution is -2.37. The largest absolute Gasteiger partial charge is 0.378 e. The van der Waals surface area contributed by atoms with Crippen molar-refractivity contribution < 1.29 is 9.59 Å². The van der Waals surface area contributed by atoms with Crippen LogP contribution in [0.1, 0.15) is 23.6 Å². The van der Waals surface area contributed by atoms with Crippen LogP contribution < -0.4 is 9.80 Å². The quantitative estimate of drug-likeness (QED) is 0.552. The third-order valence-corrected chi connectivity index (χ3v) is 7.21. The summed E-state index contributed by atoms with van der Waals surface area (Å²) in [5, 5.41) is 0. The normalized spacial score (nSPS) is 26.2. The van der Waals surface area contributed by atoms with Gasteiger partial charge in [-0.25, -0.2) is 0 Å². The zero-order valence-corrected chi connectivity index (χ0v) is 18.5. The molecular formula is C26H29N3O2. The topological polar surface area (TPSA) is 43.9 Å². The molecule has 31 heavy (non-hydrogen) atoms. The molecule has 0 radical (unpaired) electrons. The fourth-order valence-electron chi connectivity index (χ4n) is 5.58. The van der Waals surface area contributed by atoms with E-state index in [1.807, 2.05) is 86.5 Å². The molecule has 4 atom stereocenters. The monoisotopic (exact) mass is 415 g/mol. The number of imide groups is 1. The van der Waals surface area contributed by atoms with Crippen LogP contribution in [0.3, 0.4) is 0 Å². The van der Waals surface area contributed by atoms with Gasteiger partial charge in [-0.1, -0.05) is 36.4 Å². The number of allylic oxidation sites excluding steroid dienone is 2. The highest BCUT2D eigenvalue weighted by atomic mass is 16.2. The second kappa shape index (κ2) is 7.26. The van der Waals surface area contributed by atoms with Crippen molar-refractivity contribution in [3.8, 4) is 0 Å². The van der Waals surface area contributed by atoms with Gasteiger partial charge in [-0.05, 0) is 53.6 Å². The third kappa shape index (κ3) is 3.06. The third-order valence-electron chi connectivity index (χ3n) is 7.21.